The first-order chi connectivity index (χ1) is 9.98. The van der Waals surface area contributed by atoms with E-state index in [0.717, 1.165) is 12.2 Å². The Morgan fingerprint density at radius 1 is 1.27 bits per heavy atom. The molecule has 0 fully saturated rings. The van der Waals surface area contributed by atoms with Crippen LogP contribution in [-0.2, 0) is 6.54 Å². The molecule has 0 spiro atoms. The number of nitrogens with zero attached hydrogens (tertiary/aromatic N) is 2. The predicted octanol–water partition coefficient (Wildman–Crippen LogP) is 3.04. The highest BCUT2D eigenvalue weighted by Gasteiger charge is 2.74. The van der Waals surface area contributed by atoms with Gasteiger partial charge in [-0.25, -0.2) is 9.79 Å². The summed E-state index contributed by atoms with van der Waals surface area (Å²) in [5, 5.41) is 0.911. The van der Waals surface area contributed by atoms with Crippen molar-refractivity contribution in [2.75, 3.05) is 0 Å². The largest absolute Gasteiger partial charge is 0.467 e. The van der Waals surface area contributed by atoms with Gasteiger partial charge in [-0.05, 0) is 19.1 Å². The van der Waals surface area contributed by atoms with Crippen molar-refractivity contribution in [2.45, 2.75) is 31.5 Å². The molecule has 0 unspecified atom stereocenters. The number of carbonyl (C=O) groups is 1. The van der Waals surface area contributed by atoms with E-state index in [1.54, 1.807) is 0 Å². The van der Waals surface area contributed by atoms with Crippen molar-refractivity contribution in [1.29, 1.82) is 0 Å². The summed E-state index contributed by atoms with van der Waals surface area (Å²) < 4.78 is 82.1. The van der Waals surface area contributed by atoms with Crippen LogP contribution < -0.4 is 5.32 Å². The van der Waals surface area contributed by atoms with E-state index in [1.165, 1.54) is 18.4 Å². The summed E-state index contributed by atoms with van der Waals surface area (Å²) in [7, 11) is 0. The van der Waals surface area contributed by atoms with Crippen LogP contribution in [0.1, 0.15) is 12.7 Å². The maximum absolute atomic E-state index is 12.9. The number of hydrogen-bond donors (Lipinski definition) is 1. The first-order valence-electron chi connectivity index (χ1n) is 5.80. The third kappa shape index (κ3) is 2.50. The molecule has 1 aliphatic heterocycles. The zero-order chi connectivity index (χ0) is 16.8. The maximum Gasteiger partial charge on any atom is 0.441 e. The standard InChI is InChI=1S/C11H9F6N3O2/c1-6-18-9(10(12,13)14,11(15,16)17)19-8(21)20(6)5-7-3-2-4-22-7/h2-4H,5H2,1H3,(H,19,21). The minimum absolute atomic E-state index is 0.177. The topological polar surface area (TPSA) is 57.8 Å². The molecule has 1 aromatic rings. The fourth-order valence-corrected chi connectivity index (χ4v) is 1.87. The first-order valence-corrected chi connectivity index (χ1v) is 5.80. The summed E-state index contributed by atoms with van der Waals surface area (Å²) in [6.07, 6.45) is -10.4. The molecule has 0 bridgehead atoms. The lowest BCUT2D eigenvalue weighted by Crippen LogP contribution is -2.71. The van der Waals surface area contributed by atoms with Gasteiger partial charge in [-0.1, -0.05) is 0 Å². The Kier molecular flexibility index (Phi) is 3.62. The van der Waals surface area contributed by atoms with Gasteiger partial charge in [0.05, 0.1) is 12.8 Å². The normalized spacial score (nSPS) is 19.0. The lowest BCUT2D eigenvalue weighted by molar-refractivity contribution is -0.302. The Morgan fingerprint density at radius 2 is 1.86 bits per heavy atom. The molecule has 0 aliphatic carbocycles. The van der Waals surface area contributed by atoms with Crippen LogP contribution in [0.4, 0.5) is 31.1 Å². The van der Waals surface area contributed by atoms with E-state index in [0.29, 0.717) is 4.90 Å². The molecule has 2 rings (SSSR count). The smallest absolute Gasteiger partial charge is 0.441 e. The second kappa shape index (κ2) is 4.92. The summed E-state index contributed by atoms with van der Waals surface area (Å²) in [6.45, 7) is 0.536. The van der Waals surface area contributed by atoms with Gasteiger partial charge < -0.3 is 4.42 Å². The van der Waals surface area contributed by atoms with Crippen LogP contribution in [0.5, 0.6) is 0 Å². The fourth-order valence-electron chi connectivity index (χ4n) is 1.87. The minimum Gasteiger partial charge on any atom is -0.467 e. The number of nitrogens with one attached hydrogen (secondary N) is 1. The van der Waals surface area contributed by atoms with Crippen molar-refractivity contribution >= 4 is 11.9 Å². The molecule has 2 heterocycles. The van der Waals surface area contributed by atoms with E-state index in [4.69, 9.17) is 4.42 Å². The van der Waals surface area contributed by atoms with Gasteiger partial charge in [-0.3, -0.25) is 10.2 Å². The van der Waals surface area contributed by atoms with Crippen molar-refractivity contribution in [2.24, 2.45) is 4.99 Å². The molecule has 0 saturated heterocycles. The Labute approximate surface area is 119 Å². The quantitative estimate of drug-likeness (QED) is 0.848. The second-order valence-corrected chi connectivity index (χ2v) is 4.46. The average molecular weight is 329 g/mol. The summed E-state index contributed by atoms with van der Waals surface area (Å²) in [6, 6.07) is 1.30. The maximum atomic E-state index is 12.9. The number of urea groups is 1. The molecule has 0 atom stereocenters. The number of carbonyl (C=O) groups excluding carboxylic acids is 1. The molecule has 5 nitrogen and oxygen atoms in total. The van der Waals surface area contributed by atoms with Crippen LogP contribution in [0.25, 0.3) is 0 Å². The van der Waals surface area contributed by atoms with Crippen LogP contribution in [0.2, 0.25) is 0 Å². The number of halogens is 6. The van der Waals surface area contributed by atoms with Crippen molar-refractivity contribution in [3.8, 4) is 0 Å². The lowest BCUT2D eigenvalue weighted by atomic mass is 10.1. The molecule has 22 heavy (non-hydrogen) atoms. The van der Waals surface area contributed by atoms with E-state index in [9.17, 15) is 31.1 Å². The molecular formula is C11H9F6N3O2. The second-order valence-electron chi connectivity index (χ2n) is 4.46. The van der Waals surface area contributed by atoms with Crippen molar-refractivity contribution in [3.63, 3.8) is 0 Å². The number of furan rings is 1. The lowest BCUT2D eigenvalue weighted by Gasteiger charge is -2.40. The minimum atomic E-state index is -5.83. The van der Waals surface area contributed by atoms with Gasteiger partial charge >= 0.3 is 24.0 Å². The van der Waals surface area contributed by atoms with Gasteiger partial charge in [0.1, 0.15) is 11.6 Å². The van der Waals surface area contributed by atoms with Crippen LogP contribution in [-0.4, -0.2) is 34.8 Å². The van der Waals surface area contributed by atoms with Crippen molar-refractivity contribution in [3.05, 3.63) is 24.2 Å². The molecule has 2 amide bonds. The third-order valence-electron chi connectivity index (χ3n) is 2.97. The van der Waals surface area contributed by atoms with Crippen LogP contribution in [0, 0.1) is 0 Å². The number of rotatable bonds is 2. The average Bonchev–Trinajstić information content (AvgIpc) is 2.83. The highest BCUT2D eigenvalue weighted by Crippen LogP contribution is 2.45. The Hall–Kier alpha value is -2.20. The monoisotopic (exact) mass is 329 g/mol. The molecule has 1 N–H and O–H groups in total. The van der Waals surface area contributed by atoms with Gasteiger partial charge in [-0.2, -0.15) is 26.3 Å². The van der Waals surface area contributed by atoms with Gasteiger partial charge in [0.15, 0.2) is 0 Å². The van der Waals surface area contributed by atoms with E-state index < -0.39 is 29.9 Å². The Morgan fingerprint density at radius 3 is 2.27 bits per heavy atom. The number of amidine groups is 1. The summed E-state index contributed by atoms with van der Waals surface area (Å²) >= 11 is 0. The van der Waals surface area contributed by atoms with Gasteiger partial charge in [0.25, 0.3) is 0 Å². The van der Waals surface area contributed by atoms with E-state index in [1.807, 2.05) is 0 Å². The van der Waals surface area contributed by atoms with Crippen molar-refractivity contribution in [1.82, 2.24) is 10.2 Å². The van der Waals surface area contributed by atoms with Gasteiger partial charge in [-0.15, -0.1) is 0 Å². The Bertz CT molecular complexity index is 576. The summed E-state index contributed by atoms with van der Waals surface area (Å²) in [5.41, 5.74) is -4.65. The molecule has 122 valence electrons. The zero-order valence-corrected chi connectivity index (χ0v) is 10.9. The fraction of sp³-hybridized carbons (Fsp3) is 0.455. The zero-order valence-electron chi connectivity index (χ0n) is 10.9. The third-order valence-corrected chi connectivity index (χ3v) is 2.97. The van der Waals surface area contributed by atoms with E-state index >= 15 is 0 Å². The van der Waals surface area contributed by atoms with E-state index in [-0.39, 0.29) is 12.3 Å². The van der Waals surface area contributed by atoms with Crippen LogP contribution >= 0.6 is 0 Å². The molecule has 0 saturated carbocycles. The molecular weight excluding hydrogens is 320 g/mol. The Balaban J connectivity index is 2.43. The highest BCUT2D eigenvalue weighted by molar-refractivity contribution is 5.98. The number of aliphatic imine (C=N–C) groups is 1. The molecule has 1 aliphatic rings. The first kappa shape index (κ1) is 16.2. The van der Waals surface area contributed by atoms with Crippen LogP contribution in [0.15, 0.2) is 27.8 Å². The molecule has 0 aromatic carbocycles. The highest BCUT2D eigenvalue weighted by atomic mass is 19.4. The molecule has 0 radical (unpaired) electrons. The summed E-state index contributed by atoms with van der Waals surface area (Å²) in [4.78, 5) is 15.0. The van der Waals surface area contributed by atoms with Crippen LogP contribution in [0.3, 0.4) is 0 Å². The summed E-state index contributed by atoms with van der Waals surface area (Å²) in [5.74, 6) is -0.550. The van der Waals surface area contributed by atoms with Gasteiger partial charge in [0.2, 0.25) is 0 Å². The predicted molar refractivity (Wildman–Crippen MR) is 60.7 cm³/mol. The van der Waals surface area contributed by atoms with E-state index in [2.05, 4.69) is 4.99 Å². The number of alkyl halides is 6. The molecule has 1 aromatic heterocycles. The van der Waals surface area contributed by atoms with Gasteiger partial charge in [0, 0.05) is 0 Å². The number of hydrogen-bond acceptors (Lipinski definition) is 3. The van der Waals surface area contributed by atoms with Crippen molar-refractivity contribution < 1.29 is 35.6 Å². The molecule has 11 heteroatoms. The number of amides is 2. The SMILES string of the molecule is CC1=NC(C(F)(F)F)(C(F)(F)F)NC(=O)N1Cc1ccco1.